The minimum absolute atomic E-state index is 0.0813. The molecule has 0 fully saturated rings. The van der Waals surface area contributed by atoms with Gasteiger partial charge in [0.2, 0.25) is 0 Å². The number of hydrogen-bond acceptors (Lipinski definition) is 4. The van der Waals surface area contributed by atoms with E-state index in [1.165, 1.54) is 15.5 Å². The van der Waals surface area contributed by atoms with Gasteiger partial charge in [-0.3, -0.25) is 14.0 Å². The van der Waals surface area contributed by atoms with Gasteiger partial charge in [0.25, 0.3) is 11.5 Å². The van der Waals surface area contributed by atoms with Crippen LogP contribution in [0.4, 0.5) is 0 Å². The molecule has 3 rings (SSSR count). The normalized spacial score (nSPS) is 10.7. The van der Waals surface area contributed by atoms with Gasteiger partial charge in [0.1, 0.15) is 11.2 Å². The quantitative estimate of drug-likeness (QED) is 0.743. The lowest BCUT2D eigenvalue weighted by atomic mass is 10.2. The highest BCUT2D eigenvalue weighted by atomic mass is 32.1. The number of amides is 1. The van der Waals surface area contributed by atoms with Crippen LogP contribution in [0.15, 0.2) is 52.9 Å². The Bertz CT molecular complexity index is 840. The Morgan fingerprint density at radius 3 is 2.95 bits per heavy atom. The summed E-state index contributed by atoms with van der Waals surface area (Å²) in [5.41, 5.74) is 0.265. The third-order valence-electron chi connectivity index (χ3n) is 3.16. The largest absolute Gasteiger partial charge is 0.336 e. The van der Waals surface area contributed by atoms with E-state index in [9.17, 15) is 9.59 Å². The molecule has 0 radical (unpaired) electrons. The highest BCUT2D eigenvalue weighted by Crippen LogP contribution is 2.12. The number of hydrogen-bond donors (Lipinski definition) is 0. The van der Waals surface area contributed by atoms with Crippen molar-refractivity contribution < 1.29 is 4.79 Å². The van der Waals surface area contributed by atoms with Crippen LogP contribution in [0.5, 0.6) is 0 Å². The average molecular weight is 299 g/mol. The number of pyridine rings is 1. The number of rotatable bonds is 3. The van der Waals surface area contributed by atoms with Crippen LogP contribution >= 0.6 is 11.3 Å². The van der Waals surface area contributed by atoms with Crippen molar-refractivity contribution in [2.24, 2.45) is 0 Å². The Morgan fingerprint density at radius 1 is 1.33 bits per heavy atom. The molecule has 0 saturated carbocycles. The molecule has 0 N–H and O–H groups in total. The number of thiophene rings is 1. The van der Waals surface area contributed by atoms with Crippen molar-refractivity contribution in [2.75, 3.05) is 7.05 Å². The zero-order valence-electron chi connectivity index (χ0n) is 11.4. The summed E-state index contributed by atoms with van der Waals surface area (Å²) in [6.07, 6.45) is 2.96. The highest BCUT2D eigenvalue weighted by molar-refractivity contribution is 7.09. The third kappa shape index (κ3) is 2.57. The van der Waals surface area contributed by atoms with Crippen LogP contribution in [0, 0.1) is 0 Å². The summed E-state index contributed by atoms with van der Waals surface area (Å²) in [6.45, 7) is 0.480. The first-order valence-corrected chi connectivity index (χ1v) is 7.29. The molecule has 0 aliphatic heterocycles. The van der Waals surface area contributed by atoms with E-state index in [-0.39, 0.29) is 17.0 Å². The summed E-state index contributed by atoms with van der Waals surface area (Å²) in [5, 5.41) is 1.96. The molecule has 0 saturated heterocycles. The highest BCUT2D eigenvalue weighted by Gasteiger charge is 2.17. The Kier molecular flexibility index (Phi) is 3.53. The number of carbonyl (C=O) groups is 1. The van der Waals surface area contributed by atoms with E-state index in [4.69, 9.17) is 0 Å². The lowest BCUT2D eigenvalue weighted by Gasteiger charge is -2.15. The average Bonchev–Trinajstić information content (AvgIpc) is 3.00. The summed E-state index contributed by atoms with van der Waals surface area (Å²) >= 11 is 1.58. The van der Waals surface area contributed by atoms with Gasteiger partial charge in [-0.2, -0.15) is 0 Å². The summed E-state index contributed by atoms with van der Waals surface area (Å²) in [6, 6.07) is 9.15. The van der Waals surface area contributed by atoms with Gasteiger partial charge in [-0.05, 0) is 23.6 Å². The second-order valence-corrected chi connectivity index (χ2v) is 5.68. The van der Waals surface area contributed by atoms with Crippen LogP contribution in [-0.4, -0.2) is 27.2 Å². The topological polar surface area (TPSA) is 54.7 Å². The monoisotopic (exact) mass is 299 g/mol. The second kappa shape index (κ2) is 5.49. The van der Waals surface area contributed by atoms with Crippen molar-refractivity contribution in [2.45, 2.75) is 6.54 Å². The fourth-order valence-electron chi connectivity index (χ4n) is 2.09. The number of aromatic nitrogens is 2. The molecule has 0 unspecified atom stereocenters. The van der Waals surface area contributed by atoms with Crippen LogP contribution in [0.1, 0.15) is 15.2 Å². The molecule has 3 heterocycles. The van der Waals surface area contributed by atoms with Gasteiger partial charge in [0.05, 0.1) is 6.54 Å². The molecule has 3 aromatic heterocycles. The fourth-order valence-corrected chi connectivity index (χ4v) is 2.84. The molecule has 3 aromatic rings. The van der Waals surface area contributed by atoms with Crippen LogP contribution < -0.4 is 5.56 Å². The predicted molar refractivity (Wildman–Crippen MR) is 81.6 cm³/mol. The zero-order chi connectivity index (χ0) is 14.8. The van der Waals surface area contributed by atoms with E-state index in [2.05, 4.69) is 4.98 Å². The summed E-state index contributed by atoms with van der Waals surface area (Å²) in [5.74, 6) is -0.320. The smallest absolute Gasteiger partial charge is 0.270 e. The molecule has 6 heteroatoms. The summed E-state index contributed by atoms with van der Waals surface area (Å²) in [4.78, 5) is 31.5. The molecular formula is C15H13N3O2S. The van der Waals surface area contributed by atoms with Gasteiger partial charge in [-0.15, -0.1) is 11.3 Å². The van der Waals surface area contributed by atoms with E-state index in [0.717, 1.165) is 4.88 Å². The maximum absolute atomic E-state index is 12.4. The zero-order valence-corrected chi connectivity index (χ0v) is 12.2. The molecule has 5 nitrogen and oxygen atoms in total. The minimum atomic E-state index is -0.344. The standard InChI is InChI=1S/C15H13N3O2S/c1-17(10-11-5-4-8-21-11)14(19)12-9-16-13-6-2-3-7-18(13)15(12)20/h2-9H,10H2,1H3. The summed E-state index contributed by atoms with van der Waals surface area (Å²) < 4.78 is 1.38. The van der Waals surface area contributed by atoms with Crippen molar-refractivity contribution in [3.8, 4) is 0 Å². The van der Waals surface area contributed by atoms with Gasteiger partial charge in [-0.1, -0.05) is 12.1 Å². The van der Waals surface area contributed by atoms with Gasteiger partial charge < -0.3 is 4.90 Å². The molecular weight excluding hydrogens is 286 g/mol. The number of carbonyl (C=O) groups excluding carboxylic acids is 1. The van der Waals surface area contributed by atoms with E-state index in [0.29, 0.717) is 12.2 Å². The second-order valence-electron chi connectivity index (χ2n) is 4.65. The molecule has 0 aromatic carbocycles. The SMILES string of the molecule is CN(Cc1cccs1)C(=O)c1cnc2ccccn2c1=O. The Hall–Kier alpha value is -2.47. The molecule has 1 amide bonds. The van der Waals surface area contributed by atoms with E-state index < -0.39 is 0 Å². The molecule has 0 aliphatic rings. The fraction of sp³-hybridized carbons (Fsp3) is 0.133. The molecule has 21 heavy (non-hydrogen) atoms. The first kappa shape index (κ1) is 13.5. The van der Waals surface area contributed by atoms with E-state index in [1.807, 2.05) is 17.5 Å². The molecule has 0 spiro atoms. The van der Waals surface area contributed by atoms with Gasteiger partial charge in [0.15, 0.2) is 0 Å². The number of nitrogens with zero attached hydrogens (tertiary/aromatic N) is 3. The van der Waals surface area contributed by atoms with Crippen molar-refractivity contribution >= 4 is 22.9 Å². The van der Waals surface area contributed by atoms with Crippen molar-refractivity contribution in [3.05, 3.63) is 68.9 Å². The van der Waals surface area contributed by atoms with Gasteiger partial charge in [0, 0.05) is 24.3 Å². The Morgan fingerprint density at radius 2 is 2.19 bits per heavy atom. The van der Waals surface area contributed by atoms with Crippen LogP contribution in [0.25, 0.3) is 5.65 Å². The van der Waals surface area contributed by atoms with Gasteiger partial charge >= 0.3 is 0 Å². The number of fused-ring (bicyclic) bond motifs is 1. The van der Waals surface area contributed by atoms with Gasteiger partial charge in [-0.25, -0.2) is 4.98 Å². The molecule has 0 bridgehead atoms. The molecule has 0 aliphatic carbocycles. The lowest BCUT2D eigenvalue weighted by Crippen LogP contribution is -2.32. The van der Waals surface area contributed by atoms with Crippen LogP contribution in [0.3, 0.4) is 0 Å². The molecule has 106 valence electrons. The molecule has 0 atom stereocenters. The van der Waals surface area contributed by atoms with Crippen LogP contribution in [0.2, 0.25) is 0 Å². The van der Waals surface area contributed by atoms with E-state index in [1.54, 1.807) is 42.8 Å². The predicted octanol–water partition coefficient (Wildman–Crippen LogP) is 2.03. The van der Waals surface area contributed by atoms with Crippen molar-refractivity contribution in [3.63, 3.8) is 0 Å². The van der Waals surface area contributed by atoms with E-state index >= 15 is 0 Å². The maximum Gasteiger partial charge on any atom is 0.270 e. The Labute approximate surface area is 125 Å². The Balaban J connectivity index is 1.94. The first-order valence-electron chi connectivity index (χ1n) is 6.41. The minimum Gasteiger partial charge on any atom is -0.336 e. The first-order chi connectivity index (χ1) is 10.2. The summed E-state index contributed by atoms with van der Waals surface area (Å²) in [7, 11) is 1.68. The van der Waals surface area contributed by atoms with Crippen molar-refractivity contribution in [1.82, 2.24) is 14.3 Å². The third-order valence-corrected chi connectivity index (χ3v) is 4.02. The maximum atomic E-state index is 12.4. The van der Waals surface area contributed by atoms with Crippen LogP contribution in [-0.2, 0) is 6.54 Å². The lowest BCUT2D eigenvalue weighted by molar-refractivity contribution is 0.0784. The van der Waals surface area contributed by atoms with Crippen molar-refractivity contribution in [1.29, 1.82) is 0 Å².